The SMILES string of the molecule is CC(C)N=C1S[C@H](C)[C@@H]1C. The molecule has 0 unspecified atom stereocenters. The summed E-state index contributed by atoms with van der Waals surface area (Å²) in [5, 5.41) is 2.14. The van der Waals surface area contributed by atoms with Crippen molar-refractivity contribution in [3.63, 3.8) is 0 Å². The Labute approximate surface area is 67.3 Å². The van der Waals surface area contributed by atoms with Crippen LogP contribution in [-0.4, -0.2) is 16.3 Å². The van der Waals surface area contributed by atoms with Crippen molar-refractivity contribution in [3.8, 4) is 0 Å². The van der Waals surface area contributed by atoms with Crippen LogP contribution in [0.2, 0.25) is 0 Å². The minimum absolute atomic E-state index is 0.470. The van der Waals surface area contributed by atoms with Gasteiger partial charge in [-0.1, -0.05) is 13.8 Å². The second kappa shape index (κ2) is 2.95. The Morgan fingerprint density at radius 2 is 2.00 bits per heavy atom. The molecule has 0 saturated carbocycles. The Morgan fingerprint density at radius 3 is 2.30 bits per heavy atom. The molecule has 1 saturated heterocycles. The summed E-state index contributed by atoms with van der Waals surface area (Å²) in [5.74, 6) is 0.715. The molecule has 1 aliphatic rings. The summed E-state index contributed by atoms with van der Waals surface area (Å²) in [7, 11) is 0. The first-order valence-corrected chi connectivity index (χ1v) is 4.73. The first-order valence-electron chi connectivity index (χ1n) is 3.85. The molecule has 1 aliphatic heterocycles. The first kappa shape index (κ1) is 8.12. The molecule has 0 spiro atoms. The predicted octanol–water partition coefficient (Wildman–Crippen LogP) is 2.56. The molecule has 0 amide bonds. The molecule has 1 rings (SSSR count). The average molecular weight is 157 g/mol. The standard InChI is InChI=1S/C8H15NS/c1-5(2)9-8-6(3)7(4)10-8/h5-7H,1-4H3/t6-,7+/m0/s1. The van der Waals surface area contributed by atoms with E-state index in [1.165, 1.54) is 5.04 Å². The number of aliphatic imine (C=N–C) groups is 1. The molecule has 2 atom stereocenters. The number of rotatable bonds is 1. The normalized spacial score (nSPS) is 36.7. The van der Waals surface area contributed by atoms with Gasteiger partial charge in [0, 0.05) is 17.2 Å². The summed E-state index contributed by atoms with van der Waals surface area (Å²) in [5.41, 5.74) is 0. The summed E-state index contributed by atoms with van der Waals surface area (Å²) >= 11 is 1.91. The van der Waals surface area contributed by atoms with Gasteiger partial charge in [0.2, 0.25) is 0 Å². The van der Waals surface area contributed by atoms with Crippen molar-refractivity contribution >= 4 is 16.8 Å². The van der Waals surface area contributed by atoms with Crippen molar-refractivity contribution in [1.29, 1.82) is 0 Å². The van der Waals surface area contributed by atoms with Gasteiger partial charge in [-0.3, -0.25) is 4.99 Å². The second-order valence-corrected chi connectivity index (χ2v) is 4.57. The van der Waals surface area contributed by atoms with E-state index < -0.39 is 0 Å². The molecule has 58 valence electrons. The number of nitrogens with zero attached hydrogens (tertiary/aromatic N) is 1. The molecule has 10 heavy (non-hydrogen) atoms. The molecular weight excluding hydrogens is 142 g/mol. The smallest absolute Gasteiger partial charge is 0.0721 e. The fraction of sp³-hybridized carbons (Fsp3) is 0.875. The molecule has 0 bridgehead atoms. The van der Waals surface area contributed by atoms with Crippen LogP contribution in [0.25, 0.3) is 0 Å². The van der Waals surface area contributed by atoms with Crippen LogP contribution in [0, 0.1) is 5.92 Å². The lowest BCUT2D eigenvalue weighted by Crippen LogP contribution is -2.31. The molecule has 0 aromatic carbocycles. The summed E-state index contributed by atoms with van der Waals surface area (Å²) in [4.78, 5) is 4.49. The van der Waals surface area contributed by atoms with Crippen molar-refractivity contribution in [2.24, 2.45) is 10.9 Å². The predicted molar refractivity (Wildman–Crippen MR) is 48.8 cm³/mol. The van der Waals surface area contributed by atoms with E-state index in [-0.39, 0.29) is 0 Å². The van der Waals surface area contributed by atoms with Crippen LogP contribution in [0.4, 0.5) is 0 Å². The molecule has 0 aromatic rings. The maximum absolute atomic E-state index is 4.49. The Morgan fingerprint density at radius 1 is 1.40 bits per heavy atom. The first-order chi connectivity index (χ1) is 4.61. The third-order valence-electron chi connectivity index (χ3n) is 1.79. The molecule has 2 heteroatoms. The highest BCUT2D eigenvalue weighted by molar-refractivity contribution is 8.16. The second-order valence-electron chi connectivity index (χ2n) is 3.17. The molecule has 0 N–H and O–H groups in total. The lowest BCUT2D eigenvalue weighted by molar-refractivity contribution is 0.724. The molecular formula is C8H15NS. The van der Waals surface area contributed by atoms with E-state index in [1.807, 2.05) is 11.8 Å². The molecule has 1 heterocycles. The van der Waals surface area contributed by atoms with E-state index in [1.54, 1.807) is 0 Å². The van der Waals surface area contributed by atoms with Crippen LogP contribution >= 0.6 is 11.8 Å². The van der Waals surface area contributed by atoms with Crippen LogP contribution < -0.4 is 0 Å². The van der Waals surface area contributed by atoms with E-state index in [0.717, 1.165) is 5.25 Å². The van der Waals surface area contributed by atoms with Crippen LogP contribution in [0.3, 0.4) is 0 Å². The zero-order chi connectivity index (χ0) is 7.72. The van der Waals surface area contributed by atoms with E-state index in [9.17, 15) is 0 Å². The van der Waals surface area contributed by atoms with E-state index in [2.05, 4.69) is 32.7 Å². The lowest BCUT2D eigenvalue weighted by Gasteiger charge is -2.32. The maximum Gasteiger partial charge on any atom is 0.0721 e. The van der Waals surface area contributed by atoms with Crippen molar-refractivity contribution in [3.05, 3.63) is 0 Å². The average Bonchev–Trinajstić information content (AvgIpc) is 1.86. The van der Waals surface area contributed by atoms with Gasteiger partial charge in [0.15, 0.2) is 0 Å². The number of thioether (sulfide) groups is 1. The van der Waals surface area contributed by atoms with Crippen LogP contribution in [0.1, 0.15) is 27.7 Å². The van der Waals surface area contributed by atoms with Gasteiger partial charge in [-0.2, -0.15) is 0 Å². The monoisotopic (exact) mass is 157 g/mol. The Balaban J connectivity index is 2.46. The van der Waals surface area contributed by atoms with Crippen molar-refractivity contribution < 1.29 is 0 Å². The zero-order valence-electron chi connectivity index (χ0n) is 7.09. The quantitative estimate of drug-likeness (QED) is 0.570. The van der Waals surface area contributed by atoms with Gasteiger partial charge in [0.1, 0.15) is 0 Å². The fourth-order valence-electron chi connectivity index (χ4n) is 0.931. The molecule has 1 nitrogen and oxygen atoms in total. The van der Waals surface area contributed by atoms with Gasteiger partial charge < -0.3 is 0 Å². The summed E-state index contributed by atoms with van der Waals surface area (Å²) in [6.07, 6.45) is 0. The maximum atomic E-state index is 4.49. The summed E-state index contributed by atoms with van der Waals surface area (Å²) < 4.78 is 0. The number of hydrogen-bond acceptors (Lipinski definition) is 2. The Hall–Kier alpha value is 0.0200. The van der Waals surface area contributed by atoms with Crippen LogP contribution in [0.5, 0.6) is 0 Å². The lowest BCUT2D eigenvalue weighted by atomic mass is 10.1. The third kappa shape index (κ3) is 1.54. The van der Waals surface area contributed by atoms with Gasteiger partial charge in [0.25, 0.3) is 0 Å². The van der Waals surface area contributed by atoms with Crippen molar-refractivity contribution in [2.75, 3.05) is 0 Å². The third-order valence-corrected chi connectivity index (χ3v) is 3.28. The highest BCUT2D eigenvalue weighted by atomic mass is 32.2. The van der Waals surface area contributed by atoms with Gasteiger partial charge in [-0.15, -0.1) is 11.8 Å². The molecule has 1 fully saturated rings. The van der Waals surface area contributed by atoms with E-state index in [0.29, 0.717) is 12.0 Å². The van der Waals surface area contributed by atoms with Gasteiger partial charge in [-0.25, -0.2) is 0 Å². The summed E-state index contributed by atoms with van der Waals surface area (Å²) in [6, 6.07) is 0.470. The Bertz CT molecular complexity index is 151. The van der Waals surface area contributed by atoms with E-state index >= 15 is 0 Å². The largest absolute Gasteiger partial charge is 0.280 e. The van der Waals surface area contributed by atoms with E-state index in [4.69, 9.17) is 0 Å². The molecule has 0 radical (unpaired) electrons. The van der Waals surface area contributed by atoms with Gasteiger partial charge in [0.05, 0.1) is 5.04 Å². The topological polar surface area (TPSA) is 12.4 Å². The highest BCUT2D eigenvalue weighted by Crippen LogP contribution is 2.37. The Kier molecular flexibility index (Phi) is 2.40. The zero-order valence-corrected chi connectivity index (χ0v) is 7.90. The van der Waals surface area contributed by atoms with Crippen molar-refractivity contribution in [1.82, 2.24) is 0 Å². The van der Waals surface area contributed by atoms with Gasteiger partial charge in [-0.05, 0) is 13.8 Å². The summed E-state index contributed by atoms with van der Waals surface area (Å²) in [6.45, 7) is 8.77. The minimum atomic E-state index is 0.470. The van der Waals surface area contributed by atoms with Crippen LogP contribution in [-0.2, 0) is 0 Å². The van der Waals surface area contributed by atoms with Gasteiger partial charge >= 0.3 is 0 Å². The van der Waals surface area contributed by atoms with Crippen molar-refractivity contribution in [2.45, 2.75) is 39.0 Å². The fourth-order valence-corrected chi connectivity index (χ4v) is 2.11. The van der Waals surface area contributed by atoms with Crippen LogP contribution in [0.15, 0.2) is 4.99 Å². The molecule has 0 aromatic heterocycles. The molecule has 0 aliphatic carbocycles. The minimum Gasteiger partial charge on any atom is -0.280 e. The highest BCUT2D eigenvalue weighted by Gasteiger charge is 2.30. The number of hydrogen-bond donors (Lipinski definition) is 0.